The molecular formula is C14H12ClN3O3. The van der Waals surface area contributed by atoms with Crippen LogP contribution in [0, 0.1) is 10.1 Å². The van der Waals surface area contributed by atoms with E-state index in [2.05, 4.69) is 4.98 Å². The molecule has 21 heavy (non-hydrogen) atoms. The number of halogens is 1. The Labute approximate surface area is 125 Å². The third kappa shape index (κ3) is 3.55. The van der Waals surface area contributed by atoms with Gasteiger partial charge in [-0.25, -0.2) is 0 Å². The molecule has 6 nitrogen and oxygen atoms in total. The van der Waals surface area contributed by atoms with E-state index in [0.717, 1.165) is 0 Å². The zero-order valence-corrected chi connectivity index (χ0v) is 11.7. The van der Waals surface area contributed by atoms with E-state index in [-0.39, 0.29) is 17.1 Å². The molecule has 2 aromatic rings. The maximum absolute atomic E-state index is 11.3. The van der Waals surface area contributed by atoms with Gasteiger partial charge in [0, 0.05) is 36.4 Å². The summed E-state index contributed by atoms with van der Waals surface area (Å²) in [5.74, 6) is -0.933. The average molecular weight is 306 g/mol. The lowest BCUT2D eigenvalue weighted by Crippen LogP contribution is -2.17. The molecule has 1 aromatic carbocycles. The minimum atomic E-state index is -0.528. The van der Waals surface area contributed by atoms with Crippen LogP contribution < -0.4 is 5.73 Å². The molecule has 1 amide bonds. The number of nitro benzene ring substituents is 1. The summed E-state index contributed by atoms with van der Waals surface area (Å²) < 4.78 is 0. The van der Waals surface area contributed by atoms with Gasteiger partial charge in [-0.2, -0.15) is 0 Å². The summed E-state index contributed by atoms with van der Waals surface area (Å²) in [6, 6.07) is 9.43. The molecule has 2 rings (SSSR count). The highest BCUT2D eigenvalue weighted by molar-refractivity contribution is 6.31. The van der Waals surface area contributed by atoms with Crippen molar-refractivity contribution in [3.63, 3.8) is 0 Å². The average Bonchev–Trinajstić information content (AvgIpc) is 2.45. The molecular weight excluding hydrogens is 294 g/mol. The molecule has 108 valence electrons. The van der Waals surface area contributed by atoms with Crippen LogP contribution >= 0.6 is 11.6 Å². The number of nitrogens with zero attached hydrogens (tertiary/aromatic N) is 2. The van der Waals surface area contributed by atoms with Gasteiger partial charge < -0.3 is 5.73 Å². The third-order valence-corrected chi connectivity index (χ3v) is 3.35. The minimum absolute atomic E-state index is 0.0224. The van der Waals surface area contributed by atoms with Crippen molar-refractivity contribution in [1.82, 2.24) is 4.98 Å². The van der Waals surface area contributed by atoms with Crippen LogP contribution in [0.5, 0.6) is 0 Å². The van der Waals surface area contributed by atoms with E-state index in [1.54, 1.807) is 24.4 Å². The van der Waals surface area contributed by atoms with Crippen LogP contribution in [0.4, 0.5) is 5.69 Å². The first-order chi connectivity index (χ1) is 9.99. The normalized spacial score (nSPS) is 11.9. The van der Waals surface area contributed by atoms with E-state index in [0.29, 0.717) is 11.3 Å². The van der Waals surface area contributed by atoms with Crippen LogP contribution in [0.2, 0.25) is 5.02 Å². The summed E-state index contributed by atoms with van der Waals surface area (Å²) in [5, 5.41) is 11.0. The Balaban J connectivity index is 2.47. The van der Waals surface area contributed by atoms with E-state index < -0.39 is 16.7 Å². The molecule has 1 atom stereocenters. The lowest BCUT2D eigenvalue weighted by atomic mass is 9.91. The van der Waals surface area contributed by atoms with E-state index in [4.69, 9.17) is 17.3 Å². The molecule has 1 aromatic heterocycles. The summed E-state index contributed by atoms with van der Waals surface area (Å²) in [7, 11) is 0. The number of carbonyl (C=O) groups is 1. The summed E-state index contributed by atoms with van der Waals surface area (Å²) >= 11 is 6.12. The predicted octanol–water partition coefficient (Wildman–Crippen LogP) is 2.65. The van der Waals surface area contributed by atoms with Crippen LogP contribution in [-0.4, -0.2) is 15.8 Å². The fraction of sp³-hybridized carbons (Fsp3) is 0.143. The molecule has 7 heteroatoms. The quantitative estimate of drug-likeness (QED) is 0.678. The van der Waals surface area contributed by atoms with E-state index in [1.165, 1.54) is 18.2 Å². The first-order valence-electron chi connectivity index (χ1n) is 6.12. The number of primary amides is 1. The molecule has 0 aliphatic carbocycles. The van der Waals surface area contributed by atoms with Gasteiger partial charge >= 0.3 is 0 Å². The van der Waals surface area contributed by atoms with E-state index >= 15 is 0 Å². The van der Waals surface area contributed by atoms with Crippen LogP contribution in [0.1, 0.15) is 23.6 Å². The molecule has 0 spiro atoms. The number of nitro groups is 1. The highest BCUT2D eigenvalue weighted by Gasteiger charge is 2.22. The number of hydrogen-bond donors (Lipinski definition) is 1. The lowest BCUT2D eigenvalue weighted by molar-refractivity contribution is -0.384. The highest BCUT2D eigenvalue weighted by atomic mass is 35.5. The van der Waals surface area contributed by atoms with Crippen molar-refractivity contribution in [2.24, 2.45) is 5.73 Å². The number of benzene rings is 1. The van der Waals surface area contributed by atoms with Crippen molar-refractivity contribution >= 4 is 23.2 Å². The Hall–Kier alpha value is -2.47. The first kappa shape index (κ1) is 14.9. The molecule has 0 radical (unpaired) electrons. The van der Waals surface area contributed by atoms with Gasteiger partial charge in [-0.15, -0.1) is 0 Å². The van der Waals surface area contributed by atoms with Gasteiger partial charge in [0.15, 0.2) is 0 Å². The smallest absolute Gasteiger partial charge is 0.270 e. The lowest BCUT2D eigenvalue weighted by Gasteiger charge is -2.16. The zero-order valence-electron chi connectivity index (χ0n) is 10.9. The van der Waals surface area contributed by atoms with Crippen LogP contribution in [0.15, 0.2) is 42.6 Å². The van der Waals surface area contributed by atoms with Crippen molar-refractivity contribution in [2.45, 2.75) is 12.3 Å². The number of non-ortho nitro benzene ring substituents is 1. The molecule has 0 saturated heterocycles. The summed E-state index contributed by atoms with van der Waals surface area (Å²) in [6.45, 7) is 0. The molecule has 1 unspecified atom stereocenters. The van der Waals surface area contributed by atoms with E-state index in [1.807, 2.05) is 0 Å². The second kappa shape index (κ2) is 6.32. The monoisotopic (exact) mass is 305 g/mol. The van der Waals surface area contributed by atoms with Gasteiger partial charge in [0.1, 0.15) is 0 Å². The van der Waals surface area contributed by atoms with Gasteiger partial charge in [0.05, 0.1) is 9.95 Å². The summed E-state index contributed by atoms with van der Waals surface area (Å²) in [5.41, 5.74) is 6.38. The molecule has 0 aliphatic rings. The van der Waals surface area contributed by atoms with Crippen molar-refractivity contribution in [3.05, 3.63) is 69.0 Å². The molecule has 1 heterocycles. The van der Waals surface area contributed by atoms with Crippen LogP contribution in [0.3, 0.4) is 0 Å². The van der Waals surface area contributed by atoms with Gasteiger partial charge in [0.2, 0.25) is 5.91 Å². The Morgan fingerprint density at radius 2 is 2.14 bits per heavy atom. The zero-order chi connectivity index (χ0) is 15.4. The predicted molar refractivity (Wildman–Crippen MR) is 78.0 cm³/mol. The number of rotatable bonds is 5. The van der Waals surface area contributed by atoms with Crippen molar-refractivity contribution in [1.29, 1.82) is 0 Å². The van der Waals surface area contributed by atoms with Crippen LogP contribution in [0.25, 0.3) is 0 Å². The number of nitrogens with two attached hydrogens (primary N) is 1. The van der Waals surface area contributed by atoms with Gasteiger partial charge in [-0.05, 0) is 17.7 Å². The summed E-state index contributed by atoms with van der Waals surface area (Å²) in [4.78, 5) is 25.7. The Morgan fingerprint density at radius 3 is 2.67 bits per heavy atom. The Bertz CT molecular complexity index is 676. The minimum Gasteiger partial charge on any atom is -0.370 e. The number of carbonyl (C=O) groups excluding carboxylic acids is 1. The van der Waals surface area contributed by atoms with Crippen molar-refractivity contribution < 1.29 is 9.72 Å². The Kier molecular flexibility index (Phi) is 4.49. The third-order valence-electron chi connectivity index (χ3n) is 3.02. The molecule has 2 N–H and O–H groups in total. The SMILES string of the molecule is NC(=O)CC(c1ccccn1)c1ccc([N+](=O)[O-])cc1Cl. The van der Waals surface area contributed by atoms with Gasteiger partial charge in [0.25, 0.3) is 5.69 Å². The fourth-order valence-corrected chi connectivity index (χ4v) is 2.38. The Morgan fingerprint density at radius 1 is 1.38 bits per heavy atom. The van der Waals surface area contributed by atoms with E-state index in [9.17, 15) is 14.9 Å². The molecule has 0 aliphatic heterocycles. The van der Waals surface area contributed by atoms with Gasteiger partial charge in [-0.3, -0.25) is 19.9 Å². The highest BCUT2D eigenvalue weighted by Crippen LogP contribution is 2.33. The first-order valence-corrected chi connectivity index (χ1v) is 6.50. The topological polar surface area (TPSA) is 99.1 Å². The fourth-order valence-electron chi connectivity index (χ4n) is 2.07. The maximum Gasteiger partial charge on any atom is 0.270 e. The summed E-state index contributed by atoms with van der Waals surface area (Å²) in [6.07, 6.45) is 1.62. The number of amides is 1. The maximum atomic E-state index is 11.3. The molecule has 0 bridgehead atoms. The number of hydrogen-bond acceptors (Lipinski definition) is 4. The number of aromatic nitrogens is 1. The van der Waals surface area contributed by atoms with Crippen molar-refractivity contribution in [2.75, 3.05) is 0 Å². The second-order valence-corrected chi connectivity index (χ2v) is 4.85. The second-order valence-electron chi connectivity index (χ2n) is 4.44. The largest absolute Gasteiger partial charge is 0.370 e. The van der Waals surface area contributed by atoms with Gasteiger partial charge in [-0.1, -0.05) is 23.7 Å². The molecule has 0 fully saturated rings. The molecule has 0 saturated carbocycles. The number of pyridine rings is 1. The van der Waals surface area contributed by atoms with Crippen LogP contribution in [-0.2, 0) is 4.79 Å². The van der Waals surface area contributed by atoms with Crippen molar-refractivity contribution in [3.8, 4) is 0 Å². The standard InChI is InChI=1S/C14H12ClN3O3/c15-12-7-9(18(20)21)4-5-10(12)11(8-14(16)19)13-3-1-2-6-17-13/h1-7,11H,8H2,(H2,16,19).